The average Bonchev–Trinajstić information content (AvgIpc) is 3.08. The number of hydrogen-bond donors (Lipinski definition) is 0. The number of ether oxygens (including phenoxy) is 2. The van der Waals surface area contributed by atoms with Gasteiger partial charge in [-0.3, -0.25) is 4.40 Å². The Morgan fingerprint density at radius 1 is 1.32 bits per heavy atom. The fourth-order valence-electron chi connectivity index (χ4n) is 2.72. The van der Waals surface area contributed by atoms with Crippen molar-refractivity contribution in [3.63, 3.8) is 0 Å². The molecule has 0 atom stereocenters. The van der Waals surface area contributed by atoms with E-state index in [9.17, 15) is 0 Å². The lowest BCUT2D eigenvalue weighted by Crippen LogP contribution is -2.15. The summed E-state index contributed by atoms with van der Waals surface area (Å²) in [5.41, 5.74) is 3.81. The largest absolute Gasteiger partial charge is 0.486 e. The van der Waals surface area contributed by atoms with E-state index in [0.717, 1.165) is 39.1 Å². The molecule has 0 spiro atoms. The van der Waals surface area contributed by atoms with Crippen molar-refractivity contribution in [2.24, 2.45) is 0 Å². The van der Waals surface area contributed by atoms with Crippen LogP contribution in [0.15, 0.2) is 23.6 Å². The molecule has 0 saturated heterocycles. The Kier molecular flexibility index (Phi) is 3.01. The molecule has 0 amide bonds. The first-order valence-corrected chi connectivity index (χ1v) is 7.88. The maximum atomic E-state index is 9.16. The van der Waals surface area contributed by atoms with Gasteiger partial charge in [0.1, 0.15) is 13.2 Å². The maximum absolute atomic E-state index is 9.16. The Morgan fingerprint density at radius 2 is 2.14 bits per heavy atom. The summed E-state index contributed by atoms with van der Waals surface area (Å²) < 4.78 is 13.3. The van der Waals surface area contributed by atoms with E-state index in [1.807, 2.05) is 25.1 Å². The monoisotopic (exact) mass is 311 g/mol. The van der Waals surface area contributed by atoms with Crippen LogP contribution in [0.4, 0.5) is 0 Å². The number of imidazole rings is 1. The van der Waals surface area contributed by atoms with Gasteiger partial charge in [0.05, 0.1) is 23.9 Å². The molecule has 0 radical (unpaired) electrons. The lowest BCUT2D eigenvalue weighted by molar-refractivity contribution is 0.171. The van der Waals surface area contributed by atoms with Crippen LogP contribution in [0.5, 0.6) is 11.5 Å². The second kappa shape index (κ2) is 5.04. The number of fused-ring (bicyclic) bond motifs is 2. The van der Waals surface area contributed by atoms with Crippen LogP contribution in [-0.4, -0.2) is 22.6 Å². The maximum Gasteiger partial charge on any atom is 0.194 e. The van der Waals surface area contributed by atoms with Crippen LogP contribution < -0.4 is 9.47 Å². The summed E-state index contributed by atoms with van der Waals surface area (Å²) in [6.45, 7) is 3.16. The molecule has 1 aliphatic rings. The highest BCUT2D eigenvalue weighted by Crippen LogP contribution is 2.36. The molecule has 2 aromatic heterocycles. The molecule has 6 heteroatoms. The molecular weight excluding hydrogens is 298 g/mol. The SMILES string of the molecule is Cc1csc2nc(-c3ccc4c(c3)OCCO4)c(CC#N)n12. The van der Waals surface area contributed by atoms with E-state index in [2.05, 4.69) is 15.8 Å². The Morgan fingerprint density at radius 3 is 2.95 bits per heavy atom. The third kappa shape index (κ3) is 1.94. The van der Waals surface area contributed by atoms with Crippen molar-refractivity contribution in [2.75, 3.05) is 13.2 Å². The van der Waals surface area contributed by atoms with Gasteiger partial charge < -0.3 is 9.47 Å². The lowest BCUT2D eigenvalue weighted by Gasteiger charge is -2.18. The molecule has 0 bridgehead atoms. The van der Waals surface area contributed by atoms with Crippen LogP contribution >= 0.6 is 11.3 Å². The van der Waals surface area contributed by atoms with Gasteiger partial charge in [0.2, 0.25) is 0 Å². The van der Waals surface area contributed by atoms with Crippen molar-refractivity contribution < 1.29 is 9.47 Å². The van der Waals surface area contributed by atoms with Gasteiger partial charge in [0.15, 0.2) is 16.5 Å². The summed E-state index contributed by atoms with van der Waals surface area (Å²) in [5.74, 6) is 1.49. The van der Waals surface area contributed by atoms with E-state index >= 15 is 0 Å². The normalized spacial score (nSPS) is 13.3. The summed E-state index contributed by atoms with van der Waals surface area (Å²) in [5, 5.41) is 11.2. The number of hydrogen-bond acceptors (Lipinski definition) is 5. The van der Waals surface area contributed by atoms with Gasteiger partial charge >= 0.3 is 0 Å². The first-order chi connectivity index (χ1) is 10.8. The predicted octanol–water partition coefficient (Wildman–Crippen LogP) is 3.21. The molecule has 4 rings (SSSR count). The molecule has 0 fully saturated rings. The Balaban J connectivity index is 1.90. The summed E-state index contributed by atoms with van der Waals surface area (Å²) >= 11 is 1.58. The number of rotatable bonds is 2. The predicted molar refractivity (Wildman–Crippen MR) is 83.5 cm³/mol. The van der Waals surface area contributed by atoms with Crippen LogP contribution in [0.1, 0.15) is 11.4 Å². The van der Waals surface area contributed by atoms with Crippen LogP contribution in [0, 0.1) is 18.3 Å². The van der Waals surface area contributed by atoms with Crippen LogP contribution in [0.3, 0.4) is 0 Å². The minimum absolute atomic E-state index is 0.322. The Bertz CT molecular complexity index is 904. The van der Waals surface area contributed by atoms with Gasteiger partial charge in [-0.05, 0) is 25.1 Å². The summed E-state index contributed by atoms with van der Waals surface area (Å²) in [6.07, 6.45) is 0.322. The molecule has 0 unspecified atom stereocenters. The second-order valence-corrected chi connectivity index (χ2v) is 5.93. The van der Waals surface area contributed by atoms with Crippen LogP contribution in [0.2, 0.25) is 0 Å². The third-order valence-electron chi connectivity index (χ3n) is 3.69. The molecule has 0 N–H and O–H groups in total. The molecule has 22 heavy (non-hydrogen) atoms. The number of nitrogens with zero attached hydrogens (tertiary/aromatic N) is 3. The van der Waals surface area contributed by atoms with E-state index in [1.54, 1.807) is 11.3 Å². The fourth-order valence-corrected chi connectivity index (χ4v) is 3.61. The fraction of sp³-hybridized carbons (Fsp3) is 0.250. The first kappa shape index (κ1) is 13.2. The van der Waals surface area contributed by atoms with Gasteiger partial charge in [0.25, 0.3) is 0 Å². The van der Waals surface area contributed by atoms with Crippen molar-refractivity contribution in [3.05, 3.63) is 35.0 Å². The number of aromatic nitrogens is 2. The zero-order valence-corrected chi connectivity index (χ0v) is 12.8. The number of aryl methyl sites for hydroxylation is 1. The van der Waals surface area contributed by atoms with Crippen molar-refractivity contribution in [3.8, 4) is 28.8 Å². The highest BCUT2D eigenvalue weighted by Gasteiger charge is 2.19. The van der Waals surface area contributed by atoms with E-state index in [4.69, 9.17) is 19.7 Å². The molecule has 5 nitrogen and oxygen atoms in total. The molecular formula is C16H13N3O2S. The summed E-state index contributed by atoms with van der Waals surface area (Å²) in [6, 6.07) is 8.05. The second-order valence-electron chi connectivity index (χ2n) is 5.10. The van der Waals surface area contributed by atoms with Gasteiger partial charge in [-0.1, -0.05) is 0 Å². The smallest absolute Gasteiger partial charge is 0.194 e. The molecule has 110 valence electrons. The molecule has 1 aliphatic heterocycles. The third-order valence-corrected chi connectivity index (χ3v) is 4.64. The molecule has 3 heterocycles. The Labute approximate surface area is 131 Å². The number of thiazole rings is 1. The summed E-state index contributed by atoms with van der Waals surface area (Å²) in [7, 11) is 0. The molecule has 0 saturated carbocycles. The quantitative estimate of drug-likeness (QED) is 0.729. The zero-order chi connectivity index (χ0) is 15.1. The van der Waals surface area contributed by atoms with E-state index in [0.29, 0.717) is 19.6 Å². The topological polar surface area (TPSA) is 59.5 Å². The Hall–Kier alpha value is -2.52. The van der Waals surface area contributed by atoms with E-state index < -0.39 is 0 Å². The number of nitriles is 1. The number of benzene rings is 1. The van der Waals surface area contributed by atoms with Crippen molar-refractivity contribution in [1.29, 1.82) is 5.26 Å². The van der Waals surface area contributed by atoms with Crippen molar-refractivity contribution in [2.45, 2.75) is 13.3 Å². The van der Waals surface area contributed by atoms with Gasteiger partial charge in [-0.25, -0.2) is 4.98 Å². The standard InChI is InChI=1S/C16H13N3O2S/c1-10-9-22-16-18-15(12(4-5-17)19(10)16)11-2-3-13-14(8-11)21-7-6-20-13/h2-3,8-9H,4,6-7H2,1H3. The summed E-state index contributed by atoms with van der Waals surface area (Å²) in [4.78, 5) is 5.62. The van der Waals surface area contributed by atoms with Crippen LogP contribution in [-0.2, 0) is 6.42 Å². The van der Waals surface area contributed by atoms with Crippen molar-refractivity contribution >= 4 is 16.3 Å². The zero-order valence-electron chi connectivity index (χ0n) is 12.0. The average molecular weight is 311 g/mol. The first-order valence-electron chi connectivity index (χ1n) is 7.00. The highest BCUT2D eigenvalue weighted by molar-refractivity contribution is 7.15. The van der Waals surface area contributed by atoms with Gasteiger partial charge in [-0.2, -0.15) is 5.26 Å². The molecule has 1 aromatic carbocycles. The van der Waals surface area contributed by atoms with E-state index in [1.165, 1.54) is 0 Å². The van der Waals surface area contributed by atoms with Crippen LogP contribution in [0.25, 0.3) is 16.2 Å². The lowest BCUT2D eigenvalue weighted by atomic mass is 10.1. The van der Waals surface area contributed by atoms with Crippen molar-refractivity contribution in [1.82, 2.24) is 9.38 Å². The highest BCUT2D eigenvalue weighted by atomic mass is 32.1. The molecule has 3 aromatic rings. The minimum Gasteiger partial charge on any atom is -0.486 e. The van der Waals surface area contributed by atoms with Gasteiger partial charge in [-0.15, -0.1) is 11.3 Å². The van der Waals surface area contributed by atoms with E-state index in [-0.39, 0.29) is 0 Å². The molecule has 0 aliphatic carbocycles. The van der Waals surface area contributed by atoms with Gasteiger partial charge in [0, 0.05) is 16.6 Å². The minimum atomic E-state index is 0.322.